The molecule has 3 rings (SSSR count). The first kappa shape index (κ1) is 13.4. The van der Waals surface area contributed by atoms with E-state index in [0.29, 0.717) is 12.1 Å². The highest BCUT2D eigenvalue weighted by atomic mass is 35.5. The zero-order valence-corrected chi connectivity index (χ0v) is 12.4. The molecular weight excluding hydrogens is 256 g/mol. The van der Waals surface area contributed by atoms with E-state index in [-0.39, 0.29) is 0 Å². The van der Waals surface area contributed by atoms with E-state index in [1.54, 1.807) is 0 Å². The zero-order valence-electron chi connectivity index (χ0n) is 11.6. The van der Waals surface area contributed by atoms with Gasteiger partial charge in [-0.25, -0.2) is 0 Å². The zero-order chi connectivity index (χ0) is 13.2. The maximum atomic E-state index is 6.31. The molecule has 104 valence electrons. The monoisotopic (exact) mass is 278 g/mol. The van der Waals surface area contributed by atoms with Crippen LogP contribution in [0.25, 0.3) is 0 Å². The van der Waals surface area contributed by atoms with Crippen molar-refractivity contribution in [2.75, 3.05) is 13.1 Å². The highest BCUT2D eigenvalue weighted by molar-refractivity contribution is 6.31. The molecule has 2 fully saturated rings. The molecule has 2 aliphatic rings. The standard InChI is InChI=1S/C16H23ClN2/c1-2-14-11-19(16(9-18-14)12-7-8-12)10-13-5-3-4-6-15(13)17/h3-6,12,14,16,18H,2,7-11H2,1H3. The quantitative estimate of drug-likeness (QED) is 0.909. The normalized spacial score (nSPS) is 28.5. The third-order valence-corrected chi connectivity index (χ3v) is 4.90. The second kappa shape index (κ2) is 5.82. The second-order valence-electron chi connectivity index (χ2n) is 5.94. The van der Waals surface area contributed by atoms with Crippen LogP contribution in [0.5, 0.6) is 0 Å². The van der Waals surface area contributed by atoms with Gasteiger partial charge in [-0.05, 0) is 36.8 Å². The van der Waals surface area contributed by atoms with Crippen molar-refractivity contribution in [3.8, 4) is 0 Å². The summed E-state index contributed by atoms with van der Waals surface area (Å²) in [5.41, 5.74) is 1.27. The van der Waals surface area contributed by atoms with Crippen LogP contribution in [0, 0.1) is 5.92 Å². The van der Waals surface area contributed by atoms with E-state index in [9.17, 15) is 0 Å². The summed E-state index contributed by atoms with van der Waals surface area (Å²) in [6.07, 6.45) is 4.01. The fourth-order valence-electron chi connectivity index (χ4n) is 3.15. The van der Waals surface area contributed by atoms with Gasteiger partial charge >= 0.3 is 0 Å². The van der Waals surface area contributed by atoms with Gasteiger partial charge in [0.2, 0.25) is 0 Å². The largest absolute Gasteiger partial charge is 0.311 e. The van der Waals surface area contributed by atoms with Gasteiger partial charge in [-0.3, -0.25) is 4.90 Å². The fraction of sp³-hybridized carbons (Fsp3) is 0.625. The van der Waals surface area contributed by atoms with E-state index in [1.165, 1.54) is 24.8 Å². The van der Waals surface area contributed by atoms with Gasteiger partial charge in [0.05, 0.1) is 0 Å². The van der Waals surface area contributed by atoms with Crippen LogP contribution >= 0.6 is 11.6 Å². The number of nitrogens with zero attached hydrogens (tertiary/aromatic N) is 1. The van der Waals surface area contributed by atoms with Crippen molar-refractivity contribution in [3.63, 3.8) is 0 Å². The van der Waals surface area contributed by atoms with Gasteiger partial charge in [0.15, 0.2) is 0 Å². The fourth-order valence-corrected chi connectivity index (χ4v) is 3.34. The number of hydrogen-bond donors (Lipinski definition) is 1. The molecule has 1 aromatic rings. The lowest BCUT2D eigenvalue weighted by molar-refractivity contribution is 0.106. The summed E-state index contributed by atoms with van der Waals surface area (Å²) in [7, 11) is 0. The number of nitrogens with one attached hydrogen (secondary N) is 1. The first-order valence-electron chi connectivity index (χ1n) is 7.48. The van der Waals surface area contributed by atoms with Crippen LogP contribution in [0.2, 0.25) is 5.02 Å². The topological polar surface area (TPSA) is 15.3 Å². The van der Waals surface area contributed by atoms with E-state index in [1.807, 2.05) is 12.1 Å². The highest BCUT2D eigenvalue weighted by Gasteiger charge is 2.38. The molecule has 1 aromatic carbocycles. The number of halogens is 1. The van der Waals surface area contributed by atoms with Crippen molar-refractivity contribution in [2.45, 2.75) is 44.8 Å². The lowest BCUT2D eigenvalue weighted by Crippen LogP contribution is -2.56. The molecular formula is C16H23ClN2. The molecule has 1 aliphatic heterocycles. The van der Waals surface area contributed by atoms with E-state index >= 15 is 0 Å². The van der Waals surface area contributed by atoms with Crippen molar-refractivity contribution < 1.29 is 0 Å². The molecule has 1 saturated carbocycles. The van der Waals surface area contributed by atoms with Crippen molar-refractivity contribution in [1.29, 1.82) is 0 Å². The number of benzene rings is 1. The summed E-state index contributed by atoms with van der Waals surface area (Å²) >= 11 is 6.31. The molecule has 1 heterocycles. The minimum Gasteiger partial charge on any atom is -0.311 e. The van der Waals surface area contributed by atoms with Crippen LogP contribution in [0.15, 0.2) is 24.3 Å². The first-order valence-corrected chi connectivity index (χ1v) is 7.86. The van der Waals surface area contributed by atoms with E-state index in [2.05, 4.69) is 29.3 Å². The van der Waals surface area contributed by atoms with E-state index in [4.69, 9.17) is 11.6 Å². The Bertz CT molecular complexity index is 431. The Kier molecular flexibility index (Phi) is 4.11. The summed E-state index contributed by atoms with van der Waals surface area (Å²) < 4.78 is 0. The van der Waals surface area contributed by atoms with E-state index in [0.717, 1.165) is 30.6 Å². The van der Waals surface area contributed by atoms with Gasteiger partial charge in [-0.2, -0.15) is 0 Å². The second-order valence-corrected chi connectivity index (χ2v) is 6.35. The number of rotatable bonds is 4. The molecule has 1 N–H and O–H groups in total. The van der Waals surface area contributed by atoms with Gasteiger partial charge in [-0.1, -0.05) is 36.7 Å². The summed E-state index contributed by atoms with van der Waals surface area (Å²) in [5, 5.41) is 4.60. The molecule has 2 nitrogen and oxygen atoms in total. The van der Waals surface area contributed by atoms with Crippen molar-refractivity contribution in [1.82, 2.24) is 10.2 Å². The van der Waals surface area contributed by atoms with E-state index < -0.39 is 0 Å². The lowest BCUT2D eigenvalue weighted by atomic mass is 10.0. The minimum atomic E-state index is 0.637. The Morgan fingerprint density at radius 2 is 2.11 bits per heavy atom. The molecule has 0 bridgehead atoms. The predicted molar refractivity (Wildman–Crippen MR) is 80.5 cm³/mol. The molecule has 19 heavy (non-hydrogen) atoms. The van der Waals surface area contributed by atoms with Gasteiger partial charge < -0.3 is 5.32 Å². The third kappa shape index (κ3) is 3.13. The average Bonchev–Trinajstić information content (AvgIpc) is 3.26. The van der Waals surface area contributed by atoms with Crippen molar-refractivity contribution >= 4 is 11.6 Å². The van der Waals surface area contributed by atoms with Crippen molar-refractivity contribution in [2.24, 2.45) is 5.92 Å². The Morgan fingerprint density at radius 3 is 2.79 bits per heavy atom. The van der Waals surface area contributed by atoms with Crippen LogP contribution in [0.1, 0.15) is 31.7 Å². The smallest absolute Gasteiger partial charge is 0.0451 e. The lowest BCUT2D eigenvalue weighted by Gasteiger charge is -2.40. The molecule has 1 aliphatic carbocycles. The molecule has 0 aromatic heterocycles. The van der Waals surface area contributed by atoms with Crippen LogP contribution in [0.3, 0.4) is 0 Å². The Balaban J connectivity index is 1.73. The third-order valence-electron chi connectivity index (χ3n) is 4.53. The summed E-state index contributed by atoms with van der Waals surface area (Å²) in [5.74, 6) is 0.910. The maximum absolute atomic E-state index is 6.31. The Labute approximate surface area is 121 Å². The number of hydrogen-bond acceptors (Lipinski definition) is 2. The Morgan fingerprint density at radius 1 is 1.32 bits per heavy atom. The summed E-state index contributed by atoms with van der Waals surface area (Å²) in [6.45, 7) is 5.57. The molecule has 3 heteroatoms. The number of piperazine rings is 1. The summed E-state index contributed by atoms with van der Waals surface area (Å²) in [4.78, 5) is 2.66. The van der Waals surface area contributed by atoms with Gasteiger partial charge in [-0.15, -0.1) is 0 Å². The first-order chi connectivity index (χ1) is 9.28. The van der Waals surface area contributed by atoms with Crippen LogP contribution in [-0.4, -0.2) is 30.1 Å². The molecule has 0 amide bonds. The van der Waals surface area contributed by atoms with Crippen LogP contribution < -0.4 is 5.32 Å². The van der Waals surface area contributed by atoms with Gasteiger partial charge in [0, 0.05) is 36.7 Å². The average molecular weight is 279 g/mol. The van der Waals surface area contributed by atoms with Gasteiger partial charge in [0.1, 0.15) is 0 Å². The van der Waals surface area contributed by atoms with Crippen molar-refractivity contribution in [3.05, 3.63) is 34.9 Å². The molecule has 2 atom stereocenters. The molecule has 0 radical (unpaired) electrons. The van der Waals surface area contributed by atoms with Gasteiger partial charge in [0.25, 0.3) is 0 Å². The molecule has 0 spiro atoms. The predicted octanol–water partition coefficient (Wildman–Crippen LogP) is 3.30. The van der Waals surface area contributed by atoms with Crippen LogP contribution in [0.4, 0.5) is 0 Å². The molecule has 2 unspecified atom stereocenters. The highest BCUT2D eigenvalue weighted by Crippen LogP contribution is 2.37. The molecule has 1 saturated heterocycles. The summed E-state index contributed by atoms with van der Waals surface area (Å²) in [6, 6.07) is 9.61. The Hall–Kier alpha value is -0.570. The SMILES string of the molecule is CCC1CN(Cc2ccccc2Cl)C(C2CC2)CN1. The minimum absolute atomic E-state index is 0.637. The maximum Gasteiger partial charge on any atom is 0.0451 e. The van der Waals surface area contributed by atoms with Crippen LogP contribution in [-0.2, 0) is 6.54 Å².